The molecule has 0 saturated carbocycles. The zero-order chi connectivity index (χ0) is 24.2. The van der Waals surface area contributed by atoms with Crippen LogP contribution in [0.15, 0.2) is 54.6 Å². The molecule has 34 heavy (non-hydrogen) atoms. The SMILES string of the molecule is COc1cc(C)c2[nH]c(-c3cc(OC)c(OCc4ccccc4)c(OC)c3)c(CC(=O)O)c2c1. The van der Waals surface area contributed by atoms with E-state index in [1.54, 1.807) is 21.3 Å². The Bertz CT molecular complexity index is 1300. The Morgan fingerprint density at radius 2 is 1.62 bits per heavy atom. The van der Waals surface area contributed by atoms with E-state index in [2.05, 4.69) is 4.98 Å². The fourth-order valence-corrected chi connectivity index (χ4v) is 4.09. The van der Waals surface area contributed by atoms with Crippen molar-refractivity contribution in [3.8, 4) is 34.3 Å². The number of rotatable bonds is 9. The summed E-state index contributed by atoms with van der Waals surface area (Å²) in [6.07, 6.45) is -0.154. The van der Waals surface area contributed by atoms with Crippen molar-refractivity contribution in [3.05, 3.63) is 71.3 Å². The van der Waals surface area contributed by atoms with E-state index >= 15 is 0 Å². The van der Waals surface area contributed by atoms with E-state index in [9.17, 15) is 9.90 Å². The minimum Gasteiger partial charge on any atom is -0.497 e. The summed E-state index contributed by atoms with van der Waals surface area (Å²) in [6.45, 7) is 2.31. The third kappa shape index (κ3) is 4.50. The van der Waals surface area contributed by atoms with Gasteiger partial charge in [0.2, 0.25) is 5.75 Å². The first-order valence-electron chi connectivity index (χ1n) is 10.8. The molecule has 0 aliphatic rings. The number of aryl methyl sites for hydroxylation is 1. The predicted molar refractivity (Wildman–Crippen MR) is 130 cm³/mol. The Balaban J connectivity index is 1.84. The van der Waals surface area contributed by atoms with E-state index < -0.39 is 5.97 Å². The molecule has 7 nitrogen and oxygen atoms in total. The quantitative estimate of drug-likeness (QED) is 0.348. The Morgan fingerprint density at radius 3 is 2.21 bits per heavy atom. The van der Waals surface area contributed by atoms with Crippen molar-refractivity contribution in [3.63, 3.8) is 0 Å². The van der Waals surface area contributed by atoms with E-state index in [-0.39, 0.29) is 6.42 Å². The number of methoxy groups -OCH3 is 3. The van der Waals surface area contributed by atoms with Gasteiger partial charge in [-0.05, 0) is 47.9 Å². The normalized spacial score (nSPS) is 10.8. The van der Waals surface area contributed by atoms with E-state index in [4.69, 9.17) is 18.9 Å². The second-order valence-electron chi connectivity index (χ2n) is 7.90. The third-order valence-electron chi connectivity index (χ3n) is 5.72. The second-order valence-corrected chi connectivity index (χ2v) is 7.90. The molecule has 4 rings (SSSR count). The van der Waals surface area contributed by atoms with Crippen LogP contribution in [0, 0.1) is 6.92 Å². The molecule has 1 aromatic heterocycles. The van der Waals surface area contributed by atoms with Crippen molar-refractivity contribution in [1.82, 2.24) is 4.98 Å². The standard InChI is InChI=1S/C27H27NO6/c1-16-10-19(31-2)13-20-21(14-24(29)30)26(28-25(16)20)18-11-22(32-3)27(23(12-18)33-4)34-15-17-8-6-5-7-9-17/h5-13,28H,14-15H2,1-4H3,(H,29,30). The molecule has 2 N–H and O–H groups in total. The Hall–Kier alpha value is -4.13. The molecule has 1 heterocycles. The lowest BCUT2D eigenvalue weighted by molar-refractivity contribution is -0.136. The van der Waals surface area contributed by atoms with Gasteiger partial charge in [-0.3, -0.25) is 4.79 Å². The van der Waals surface area contributed by atoms with Gasteiger partial charge in [0.15, 0.2) is 11.5 Å². The highest BCUT2D eigenvalue weighted by atomic mass is 16.5. The van der Waals surface area contributed by atoms with Crippen molar-refractivity contribution in [2.45, 2.75) is 20.0 Å². The van der Waals surface area contributed by atoms with Crippen LogP contribution in [-0.4, -0.2) is 37.4 Å². The van der Waals surface area contributed by atoms with Crippen LogP contribution in [0.1, 0.15) is 16.7 Å². The number of ether oxygens (including phenoxy) is 4. The molecule has 0 atom stereocenters. The van der Waals surface area contributed by atoms with Crippen molar-refractivity contribution < 1.29 is 28.8 Å². The van der Waals surface area contributed by atoms with Gasteiger partial charge in [0.1, 0.15) is 12.4 Å². The fraction of sp³-hybridized carbons (Fsp3) is 0.222. The van der Waals surface area contributed by atoms with Crippen LogP contribution in [0.2, 0.25) is 0 Å². The van der Waals surface area contributed by atoms with Gasteiger partial charge in [0.25, 0.3) is 0 Å². The lowest BCUT2D eigenvalue weighted by Gasteiger charge is -2.16. The van der Waals surface area contributed by atoms with Crippen molar-refractivity contribution in [2.24, 2.45) is 0 Å². The average Bonchev–Trinajstić information content (AvgIpc) is 3.20. The maximum Gasteiger partial charge on any atom is 0.307 e. The van der Waals surface area contributed by atoms with Crippen molar-refractivity contribution in [1.29, 1.82) is 0 Å². The molecule has 0 bridgehead atoms. The number of carbonyl (C=O) groups is 1. The third-order valence-corrected chi connectivity index (χ3v) is 5.72. The van der Waals surface area contributed by atoms with Gasteiger partial charge in [0.05, 0.1) is 33.4 Å². The maximum atomic E-state index is 11.7. The van der Waals surface area contributed by atoms with Crippen molar-refractivity contribution in [2.75, 3.05) is 21.3 Å². The lowest BCUT2D eigenvalue weighted by atomic mass is 10.0. The molecule has 4 aromatic rings. The summed E-state index contributed by atoms with van der Waals surface area (Å²) in [6, 6.07) is 17.2. The topological polar surface area (TPSA) is 90.0 Å². The van der Waals surface area contributed by atoms with Crippen LogP contribution < -0.4 is 18.9 Å². The molecule has 0 fully saturated rings. The monoisotopic (exact) mass is 461 g/mol. The number of aromatic nitrogens is 1. The molecule has 0 saturated heterocycles. The van der Waals surface area contributed by atoms with Crippen LogP contribution >= 0.6 is 0 Å². The first kappa shape index (κ1) is 23.0. The Labute approximate surface area is 197 Å². The number of nitrogens with one attached hydrogen (secondary N) is 1. The van der Waals surface area contributed by atoms with Gasteiger partial charge in [-0.2, -0.15) is 0 Å². The molecular formula is C27H27NO6. The van der Waals surface area contributed by atoms with Crippen molar-refractivity contribution >= 4 is 16.9 Å². The fourth-order valence-electron chi connectivity index (χ4n) is 4.09. The molecule has 3 aromatic carbocycles. The molecular weight excluding hydrogens is 434 g/mol. The van der Waals surface area contributed by atoms with Crippen LogP contribution in [-0.2, 0) is 17.8 Å². The smallest absolute Gasteiger partial charge is 0.307 e. The molecule has 0 aliphatic carbocycles. The van der Waals surface area contributed by atoms with Gasteiger partial charge in [-0.15, -0.1) is 0 Å². The van der Waals surface area contributed by atoms with Crippen LogP contribution in [0.4, 0.5) is 0 Å². The number of hydrogen-bond donors (Lipinski definition) is 2. The molecule has 0 aliphatic heterocycles. The largest absolute Gasteiger partial charge is 0.497 e. The number of aromatic amines is 1. The van der Waals surface area contributed by atoms with Crippen LogP contribution in [0.3, 0.4) is 0 Å². The number of benzene rings is 3. The van der Waals surface area contributed by atoms with E-state index in [1.165, 1.54) is 0 Å². The van der Waals surface area contributed by atoms with Gasteiger partial charge in [0, 0.05) is 16.5 Å². The zero-order valence-corrected chi connectivity index (χ0v) is 19.6. The van der Waals surface area contributed by atoms with E-state index in [0.29, 0.717) is 40.9 Å². The molecule has 176 valence electrons. The Morgan fingerprint density at radius 1 is 0.941 bits per heavy atom. The van der Waals surface area contributed by atoms with Crippen LogP contribution in [0.5, 0.6) is 23.0 Å². The summed E-state index contributed by atoms with van der Waals surface area (Å²) >= 11 is 0. The maximum absolute atomic E-state index is 11.7. The summed E-state index contributed by atoms with van der Waals surface area (Å²) in [5.41, 5.74) is 4.89. The molecule has 0 unspecified atom stereocenters. The summed E-state index contributed by atoms with van der Waals surface area (Å²) in [4.78, 5) is 15.2. The first-order chi connectivity index (χ1) is 16.4. The summed E-state index contributed by atoms with van der Waals surface area (Å²) < 4.78 is 22.7. The van der Waals surface area contributed by atoms with Gasteiger partial charge in [-0.25, -0.2) is 0 Å². The number of H-pyrrole nitrogens is 1. The highest BCUT2D eigenvalue weighted by Crippen LogP contribution is 2.44. The van der Waals surface area contributed by atoms with E-state index in [1.807, 2.05) is 61.5 Å². The molecule has 0 spiro atoms. The predicted octanol–water partition coefficient (Wildman–Crippen LogP) is 5.38. The van der Waals surface area contributed by atoms with Gasteiger partial charge < -0.3 is 29.0 Å². The molecule has 7 heteroatoms. The van der Waals surface area contributed by atoms with Crippen LogP contribution in [0.25, 0.3) is 22.2 Å². The number of aliphatic carboxylic acids is 1. The number of carboxylic acid groups (broad SMARTS) is 1. The van der Waals surface area contributed by atoms with Gasteiger partial charge >= 0.3 is 5.97 Å². The number of fused-ring (bicyclic) bond motifs is 1. The summed E-state index contributed by atoms with van der Waals surface area (Å²) in [5.74, 6) is 1.19. The minimum atomic E-state index is -0.927. The first-order valence-corrected chi connectivity index (χ1v) is 10.8. The number of carboxylic acids is 1. The molecule has 0 radical (unpaired) electrons. The second kappa shape index (κ2) is 9.79. The van der Waals surface area contributed by atoms with E-state index in [0.717, 1.165) is 27.6 Å². The van der Waals surface area contributed by atoms with Gasteiger partial charge in [-0.1, -0.05) is 30.3 Å². The zero-order valence-electron chi connectivity index (χ0n) is 19.6. The Kier molecular flexibility index (Phi) is 6.63. The minimum absolute atomic E-state index is 0.154. The lowest BCUT2D eigenvalue weighted by Crippen LogP contribution is -2.02. The molecule has 0 amide bonds. The summed E-state index contributed by atoms with van der Waals surface area (Å²) in [7, 11) is 4.72. The highest BCUT2D eigenvalue weighted by molar-refractivity contribution is 5.96. The highest BCUT2D eigenvalue weighted by Gasteiger charge is 2.22. The summed E-state index contributed by atoms with van der Waals surface area (Å²) in [5, 5.41) is 10.4. The number of hydrogen-bond acceptors (Lipinski definition) is 5. The average molecular weight is 462 g/mol.